The zero-order valence-electron chi connectivity index (χ0n) is 13.0. The predicted molar refractivity (Wildman–Crippen MR) is 96.2 cm³/mol. The maximum Gasteiger partial charge on any atom is 0.352 e. The van der Waals surface area contributed by atoms with Crippen LogP contribution in [-0.2, 0) is 0 Å². The van der Waals surface area contributed by atoms with Gasteiger partial charge in [-0.1, -0.05) is 24.8 Å². The summed E-state index contributed by atoms with van der Waals surface area (Å²) in [5.41, 5.74) is 13.0. The Kier molecular flexibility index (Phi) is 5.46. The molecule has 124 valence electrons. The minimum atomic E-state index is -0.968. The third kappa shape index (κ3) is 4.30. The molecule has 0 spiro atoms. The van der Waals surface area contributed by atoms with Crippen LogP contribution in [0.3, 0.4) is 0 Å². The van der Waals surface area contributed by atoms with Gasteiger partial charge in [0.05, 0.1) is 11.4 Å². The molecule has 2 aromatic carbocycles. The highest BCUT2D eigenvalue weighted by Crippen LogP contribution is 2.21. The Morgan fingerprint density at radius 1 is 1.17 bits per heavy atom. The van der Waals surface area contributed by atoms with Crippen LogP contribution >= 0.6 is 0 Å². The highest BCUT2D eigenvalue weighted by Gasteiger charge is 2.07. The van der Waals surface area contributed by atoms with Gasteiger partial charge in [0.1, 0.15) is 18.1 Å². The van der Waals surface area contributed by atoms with Gasteiger partial charge in [-0.3, -0.25) is 0 Å². The van der Waals surface area contributed by atoms with E-state index in [0.717, 1.165) is 10.9 Å². The van der Waals surface area contributed by atoms with Crippen molar-refractivity contribution < 1.29 is 14.6 Å². The largest absolute Gasteiger partial charge is 0.490 e. The number of aromatic amines is 1. The number of nitrogen functional groups attached to an aromatic ring is 2. The molecule has 0 fully saturated rings. The van der Waals surface area contributed by atoms with E-state index in [1.54, 1.807) is 42.5 Å². The Labute approximate surface area is 139 Å². The molecule has 0 aliphatic rings. The topological polar surface area (TPSA) is 114 Å². The van der Waals surface area contributed by atoms with Crippen LogP contribution in [0.2, 0.25) is 0 Å². The number of carbonyl (C=O) groups is 1. The molecule has 6 nitrogen and oxygen atoms in total. The van der Waals surface area contributed by atoms with Gasteiger partial charge < -0.3 is 26.3 Å². The highest BCUT2D eigenvalue weighted by atomic mass is 16.5. The van der Waals surface area contributed by atoms with E-state index in [9.17, 15) is 4.79 Å². The van der Waals surface area contributed by atoms with Crippen LogP contribution in [0.25, 0.3) is 10.9 Å². The highest BCUT2D eigenvalue weighted by molar-refractivity contribution is 5.94. The average molecular weight is 325 g/mol. The molecular weight excluding hydrogens is 306 g/mol. The van der Waals surface area contributed by atoms with Crippen LogP contribution in [0.5, 0.6) is 5.75 Å². The molecule has 0 aliphatic heterocycles. The summed E-state index contributed by atoms with van der Waals surface area (Å²) in [6.07, 6.45) is 1.66. The number of aromatic nitrogens is 1. The lowest BCUT2D eigenvalue weighted by Gasteiger charge is -2.01. The number of nitrogens with one attached hydrogen (secondary N) is 1. The van der Waals surface area contributed by atoms with Gasteiger partial charge in [0.15, 0.2) is 0 Å². The van der Waals surface area contributed by atoms with Gasteiger partial charge in [0.2, 0.25) is 0 Å². The van der Waals surface area contributed by atoms with Gasteiger partial charge in [0.25, 0.3) is 0 Å². The van der Waals surface area contributed by atoms with Gasteiger partial charge in [-0.05, 0) is 36.4 Å². The van der Waals surface area contributed by atoms with Crippen LogP contribution in [0, 0.1) is 0 Å². The summed E-state index contributed by atoms with van der Waals surface area (Å²) in [6.45, 7) is 3.99. The molecule has 0 amide bonds. The van der Waals surface area contributed by atoms with Crippen molar-refractivity contribution in [3.63, 3.8) is 0 Å². The molecule has 0 atom stereocenters. The van der Waals surface area contributed by atoms with Gasteiger partial charge in [-0.2, -0.15) is 0 Å². The number of carboxylic acid groups (broad SMARTS) is 1. The number of para-hydroxylation sites is 2. The number of rotatable bonds is 4. The van der Waals surface area contributed by atoms with Crippen LogP contribution < -0.4 is 16.2 Å². The van der Waals surface area contributed by atoms with Crippen molar-refractivity contribution >= 4 is 28.2 Å². The van der Waals surface area contributed by atoms with Gasteiger partial charge in [-0.25, -0.2) is 4.79 Å². The van der Waals surface area contributed by atoms with Crippen molar-refractivity contribution in [2.45, 2.75) is 0 Å². The SMILES string of the molecule is C=CCOc1ccc2[nH]c(C(=O)O)cc2c1.Nc1ccccc1N. The Hall–Kier alpha value is -3.41. The summed E-state index contributed by atoms with van der Waals surface area (Å²) in [7, 11) is 0. The summed E-state index contributed by atoms with van der Waals surface area (Å²) < 4.78 is 5.35. The number of benzene rings is 2. The Bertz CT molecular complexity index is 835. The minimum Gasteiger partial charge on any atom is -0.490 e. The fourth-order valence-electron chi connectivity index (χ4n) is 1.98. The van der Waals surface area contributed by atoms with Gasteiger partial charge in [-0.15, -0.1) is 0 Å². The van der Waals surface area contributed by atoms with Crippen molar-refractivity contribution in [2.75, 3.05) is 18.1 Å². The standard InChI is InChI=1S/C12H11NO3.C6H8N2/c1-2-5-16-9-3-4-10-8(6-9)7-11(13-10)12(14)15;7-5-3-1-2-4-6(5)8/h2-4,6-7,13H,1,5H2,(H,14,15);1-4H,7-8H2. The lowest BCUT2D eigenvalue weighted by atomic mass is 10.2. The summed E-state index contributed by atoms with van der Waals surface area (Å²) in [5.74, 6) is -0.270. The molecule has 3 aromatic rings. The van der Waals surface area contributed by atoms with Crippen molar-refractivity contribution in [3.8, 4) is 5.75 Å². The Morgan fingerprint density at radius 3 is 2.38 bits per heavy atom. The number of ether oxygens (including phenoxy) is 1. The van der Waals surface area contributed by atoms with E-state index < -0.39 is 5.97 Å². The van der Waals surface area contributed by atoms with Gasteiger partial charge >= 0.3 is 5.97 Å². The molecule has 0 saturated heterocycles. The molecule has 0 radical (unpaired) electrons. The Morgan fingerprint density at radius 2 is 1.83 bits per heavy atom. The van der Waals surface area contributed by atoms with E-state index in [0.29, 0.717) is 23.7 Å². The number of hydrogen-bond acceptors (Lipinski definition) is 4. The molecule has 0 saturated carbocycles. The minimum absolute atomic E-state index is 0.177. The van der Waals surface area contributed by atoms with Crippen molar-refractivity contribution in [1.29, 1.82) is 0 Å². The second-order valence-electron chi connectivity index (χ2n) is 4.97. The molecule has 0 bridgehead atoms. The lowest BCUT2D eigenvalue weighted by Crippen LogP contribution is -1.94. The van der Waals surface area contributed by atoms with Crippen molar-refractivity contribution in [3.05, 3.63) is 66.9 Å². The number of hydrogen-bond donors (Lipinski definition) is 4. The zero-order valence-corrected chi connectivity index (χ0v) is 13.0. The zero-order chi connectivity index (χ0) is 17.5. The monoisotopic (exact) mass is 325 g/mol. The summed E-state index contributed by atoms with van der Waals surface area (Å²) in [4.78, 5) is 13.6. The summed E-state index contributed by atoms with van der Waals surface area (Å²) >= 11 is 0. The smallest absolute Gasteiger partial charge is 0.352 e. The number of nitrogens with two attached hydrogens (primary N) is 2. The summed E-state index contributed by atoms with van der Waals surface area (Å²) in [6, 6.07) is 14.2. The fourth-order valence-corrected chi connectivity index (χ4v) is 1.98. The third-order valence-corrected chi connectivity index (χ3v) is 3.19. The first-order valence-corrected chi connectivity index (χ1v) is 7.21. The first kappa shape index (κ1) is 17.0. The lowest BCUT2D eigenvalue weighted by molar-refractivity contribution is 0.0691. The van der Waals surface area contributed by atoms with Crippen LogP contribution in [0.4, 0.5) is 11.4 Å². The molecule has 6 N–H and O–H groups in total. The molecule has 1 aromatic heterocycles. The van der Waals surface area contributed by atoms with Crippen molar-refractivity contribution in [1.82, 2.24) is 4.98 Å². The quantitative estimate of drug-likeness (QED) is 0.434. The van der Waals surface area contributed by atoms with Crippen LogP contribution in [0.15, 0.2) is 61.2 Å². The molecule has 0 unspecified atom stereocenters. The van der Waals surface area contributed by atoms with E-state index in [4.69, 9.17) is 21.3 Å². The number of anilines is 2. The van der Waals surface area contributed by atoms with Crippen LogP contribution in [0.1, 0.15) is 10.5 Å². The first-order valence-electron chi connectivity index (χ1n) is 7.21. The fraction of sp³-hybridized carbons (Fsp3) is 0.0556. The Balaban J connectivity index is 0.000000219. The van der Waals surface area contributed by atoms with E-state index in [-0.39, 0.29) is 5.69 Å². The molecule has 3 rings (SSSR count). The molecule has 6 heteroatoms. The molecule has 1 heterocycles. The second kappa shape index (κ2) is 7.73. The van der Waals surface area contributed by atoms with Crippen LogP contribution in [-0.4, -0.2) is 22.7 Å². The maximum atomic E-state index is 10.8. The normalized spacial score (nSPS) is 9.83. The number of carboxylic acids is 1. The second-order valence-corrected chi connectivity index (χ2v) is 4.97. The van der Waals surface area contributed by atoms with Gasteiger partial charge in [0, 0.05) is 10.9 Å². The van der Waals surface area contributed by atoms with E-state index in [2.05, 4.69) is 11.6 Å². The number of aromatic carboxylic acids is 1. The number of fused-ring (bicyclic) bond motifs is 1. The van der Waals surface area contributed by atoms with Crippen molar-refractivity contribution in [2.24, 2.45) is 0 Å². The first-order chi connectivity index (χ1) is 11.5. The van der Waals surface area contributed by atoms with E-state index >= 15 is 0 Å². The maximum absolute atomic E-state index is 10.8. The molecule has 0 aliphatic carbocycles. The number of H-pyrrole nitrogens is 1. The van der Waals surface area contributed by atoms with E-state index in [1.807, 2.05) is 12.1 Å². The average Bonchev–Trinajstić information content (AvgIpc) is 3.00. The molecule has 24 heavy (non-hydrogen) atoms. The summed E-state index contributed by atoms with van der Waals surface area (Å²) in [5, 5.41) is 9.64. The molecular formula is C18H19N3O3. The van der Waals surface area contributed by atoms with E-state index in [1.165, 1.54) is 0 Å². The third-order valence-electron chi connectivity index (χ3n) is 3.19. The predicted octanol–water partition coefficient (Wildman–Crippen LogP) is 3.28.